The Bertz CT molecular complexity index is 1010. The Hall–Kier alpha value is -2.63. The summed E-state index contributed by atoms with van der Waals surface area (Å²) in [4.78, 5) is 4.83. The summed E-state index contributed by atoms with van der Waals surface area (Å²) >= 11 is 0. The zero-order valence-corrected chi connectivity index (χ0v) is 13.6. The molecule has 0 bridgehead atoms. The number of benzene rings is 2. The van der Waals surface area contributed by atoms with Crippen LogP contribution >= 0.6 is 0 Å². The highest BCUT2D eigenvalue weighted by Crippen LogP contribution is 2.45. The molecule has 5 rings (SSSR count). The number of rotatable bonds is 2. The van der Waals surface area contributed by atoms with Crippen molar-refractivity contribution in [3.63, 3.8) is 0 Å². The van der Waals surface area contributed by atoms with Crippen molar-refractivity contribution in [1.82, 2.24) is 4.98 Å². The molecule has 3 aromatic rings. The van der Waals surface area contributed by atoms with E-state index >= 15 is 0 Å². The Kier molecular flexibility index (Phi) is 3.20. The predicted molar refractivity (Wildman–Crippen MR) is 92.6 cm³/mol. The minimum atomic E-state index is -0.100. The van der Waals surface area contributed by atoms with Crippen LogP contribution in [0.25, 0.3) is 22.0 Å². The number of aliphatic hydroxyl groups excluding tert-OH is 2. The van der Waals surface area contributed by atoms with Gasteiger partial charge in [-0.2, -0.15) is 0 Å². The van der Waals surface area contributed by atoms with Gasteiger partial charge in [-0.25, -0.2) is 0 Å². The lowest BCUT2D eigenvalue weighted by Crippen LogP contribution is -2.08. The van der Waals surface area contributed by atoms with Gasteiger partial charge < -0.3 is 19.7 Å². The maximum Gasteiger partial charge on any atom is 0.231 e. The van der Waals surface area contributed by atoms with E-state index in [1.165, 1.54) is 5.56 Å². The van der Waals surface area contributed by atoms with Crippen molar-refractivity contribution in [3.05, 3.63) is 52.7 Å². The summed E-state index contributed by atoms with van der Waals surface area (Å²) in [5, 5.41) is 20.0. The number of hydrogen-bond donors (Lipinski definition) is 2. The Morgan fingerprint density at radius 3 is 2.60 bits per heavy atom. The molecule has 2 aromatic carbocycles. The average Bonchev–Trinajstić information content (AvgIpc) is 3.14. The van der Waals surface area contributed by atoms with E-state index in [9.17, 15) is 10.2 Å². The Labute approximate surface area is 144 Å². The Morgan fingerprint density at radius 1 is 0.920 bits per heavy atom. The highest BCUT2D eigenvalue weighted by molar-refractivity contribution is 5.88. The molecule has 1 aliphatic heterocycles. The highest BCUT2D eigenvalue weighted by atomic mass is 16.7. The number of nitrogens with zero attached hydrogens (tertiary/aromatic N) is 1. The van der Waals surface area contributed by atoms with Gasteiger partial charge in [-0.3, -0.25) is 4.98 Å². The lowest BCUT2D eigenvalue weighted by Gasteiger charge is -2.21. The van der Waals surface area contributed by atoms with Gasteiger partial charge >= 0.3 is 0 Å². The molecule has 0 saturated carbocycles. The first kappa shape index (κ1) is 14.7. The normalized spacial score (nSPS) is 14.5. The first-order valence-electron chi connectivity index (χ1n) is 8.37. The van der Waals surface area contributed by atoms with Crippen molar-refractivity contribution in [1.29, 1.82) is 0 Å². The molecule has 0 radical (unpaired) electrons. The minimum Gasteiger partial charge on any atom is -0.454 e. The van der Waals surface area contributed by atoms with Gasteiger partial charge in [0.25, 0.3) is 0 Å². The fourth-order valence-corrected chi connectivity index (χ4v) is 3.84. The van der Waals surface area contributed by atoms with Crippen LogP contribution in [0.2, 0.25) is 0 Å². The SMILES string of the molecule is OCc1cc2cc3c(nc2cc1CO)CCc1c-3ccc2c1OCO2. The van der Waals surface area contributed by atoms with E-state index < -0.39 is 0 Å². The molecule has 2 N–H and O–H groups in total. The third kappa shape index (κ3) is 2.13. The highest BCUT2D eigenvalue weighted by Gasteiger charge is 2.26. The molecule has 1 aliphatic carbocycles. The van der Waals surface area contributed by atoms with Gasteiger partial charge in [-0.1, -0.05) is 6.07 Å². The molecule has 5 nitrogen and oxygen atoms in total. The number of aliphatic hydroxyl groups is 2. The van der Waals surface area contributed by atoms with Crippen LogP contribution in [0.5, 0.6) is 11.5 Å². The van der Waals surface area contributed by atoms with Crippen molar-refractivity contribution in [2.24, 2.45) is 0 Å². The fraction of sp³-hybridized carbons (Fsp3) is 0.250. The van der Waals surface area contributed by atoms with E-state index in [2.05, 4.69) is 12.1 Å². The minimum absolute atomic E-state index is 0.0990. The molecule has 2 aliphatic rings. The maximum atomic E-state index is 9.55. The topological polar surface area (TPSA) is 71.8 Å². The van der Waals surface area contributed by atoms with Crippen LogP contribution in [-0.4, -0.2) is 22.0 Å². The maximum absolute atomic E-state index is 9.55. The summed E-state index contributed by atoms with van der Waals surface area (Å²) in [6.07, 6.45) is 1.71. The summed E-state index contributed by atoms with van der Waals surface area (Å²) in [5.41, 5.74) is 6.78. The molecule has 5 heteroatoms. The largest absolute Gasteiger partial charge is 0.454 e. The predicted octanol–water partition coefficient (Wildman–Crippen LogP) is 2.71. The van der Waals surface area contributed by atoms with Gasteiger partial charge in [0.15, 0.2) is 11.5 Å². The fourth-order valence-electron chi connectivity index (χ4n) is 3.84. The molecular formula is C20H17NO4. The van der Waals surface area contributed by atoms with E-state index in [1.807, 2.05) is 18.2 Å². The van der Waals surface area contributed by atoms with Crippen LogP contribution in [-0.2, 0) is 26.1 Å². The first-order valence-corrected chi connectivity index (χ1v) is 8.37. The number of ether oxygens (including phenoxy) is 2. The monoisotopic (exact) mass is 335 g/mol. The molecule has 0 atom stereocenters. The van der Waals surface area contributed by atoms with Crippen molar-refractivity contribution in [2.45, 2.75) is 26.1 Å². The molecule has 25 heavy (non-hydrogen) atoms. The summed E-state index contributed by atoms with van der Waals surface area (Å²) in [7, 11) is 0. The van der Waals surface area contributed by atoms with E-state index in [0.29, 0.717) is 0 Å². The van der Waals surface area contributed by atoms with Gasteiger partial charge in [0.05, 0.1) is 18.7 Å². The lowest BCUT2D eigenvalue weighted by atomic mass is 9.86. The smallest absolute Gasteiger partial charge is 0.231 e. The van der Waals surface area contributed by atoms with Gasteiger partial charge in [0.2, 0.25) is 6.79 Å². The van der Waals surface area contributed by atoms with E-state index in [0.717, 1.165) is 63.2 Å². The van der Waals surface area contributed by atoms with Gasteiger partial charge in [0.1, 0.15) is 0 Å². The van der Waals surface area contributed by atoms with Gasteiger partial charge in [-0.05, 0) is 53.8 Å². The molecule has 0 amide bonds. The quantitative estimate of drug-likeness (QED) is 0.753. The van der Waals surface area contributed by atoms with Crippen LogP contribution in [0.15, 0.2) is 30.3 Å². The lowest BCUT2D eigenvalue weighted by molar-refractivity contribution is 0.173. The summed E-state index contributed by atoms with van der Waals surface area (Å²) in [6, 6.07) is 9.93. The molecule has 0 unspecified atom stereocenters. The van der Waals surface area contributed by atoms with Crippen LogP contribution in [0.4, 0.5) is 0 Å². The second kappa shape index (κ2) is 5.44. The summed E-state index contributed by atoms with van der Waals surface area (Å²) < 4.78 is 11.2. The van der Waals surface area contributed by atoms with E-state index in [1.54, 1.807) is 0 Å². The molecule has 0 spiro atoms. The van der Waals surface area contributed by atoms with Crippen molar-refractivity contribution >= 4 is 10.9 Å². The second-order valence-corrected chi connectivity index (χ2v) is 6.44. The molecule has 0 saturated heterocycles. The zero-order valence-electron chi connectivity index (χ0n) is 13.6. The summed E-state index contributed by atoms with van der Waals surface area (Å²) in [6.45, 7) is 0.0769. The number of aromatic nitrogens is 1. The summed E-state index contributed by atoms with van der Waals surface area (Å²) in [5.74, 6) is 1.67. The van der Waals surface area contributed by atoms with Crippen LogP contribution in [0.1, 0.15) is 22.4 Å². The van der Waals surface area contributed by atoms with Crippen LogP contribution < -0.4 is 9.47 Å². The first-order chi connectivity index (χ1) is 12.3. The van der Waals surface area contributed by atoms with Crippen molar-refractivity contribution in [2.75, 3.05) is 6.79 Å². The molecule has 126 valence electrons. The zero-order chi connectivity index (χ0) is 17.0. The van der Waals surface area contributed by atoms with Crippen molar-refractivity contribution < 1.29 is 19.7 Å². The number of fused-ring (bicyclic) bond motifs is 6. The van der Waals surface area contributed by atoms with Crippen LogP contribution in [0, 0.1) is 0 Å². The van der Waals surface area contributed by atoms with E-state index in [-0.39, 0.29) is 20.0 Å². The standard InChI is InChI=1S/C20H17NO4/c22-8-12-5-11-6-16-14-2-4-19-20(25-10-24-19)15(14)1-3-17(16)21-18(11)7-13(12)9-23/h2,4-7,22-23H,1,3,8-10H2. The number of hydrogen-bond acceptors (Lipinski definition) is 5. The molecule has 2 heterocycles. The molecule has 1 aromatic heterocycles. The third-order valence-electron chi connectivity index (χ3n) is 5.10. The average molecular weight is 335 g/mol. The number of aryl methyl sites for hydroxylation is 1. The second-order valence-electron chi connectivity index (χ2n) is 6.44. The van der Waals surface area contributed by atoms with Gasteiger partial charge in [-0.15, -0.1) is 0 Å². The Balaban J connectivity index is 1.74. The Morgan fingerprint density at radius 2 is 1.76 bits per heavy atom. The van der Waals surface area contributed by atoms with Crippen LogP contribution in [0.3, 0.4) is 0 Å². The van der Waals surface area contributed by atoms with Gasteiger partial charge in [0, 0.05) is 22.2 Å². The molecular weight excluding hydrogens is 318 g/mol. The third-order valence-corrected chi connectivity index (χ3v) is 5.10. The number of pyridine rings is 1. The van der Waals surface area contributed by atoms with Crippen molar-refractivity contribution in [3.8, 4) is 22.6 Å². The van der Waals surface area contributed by atoms with E-state index in [4.69, 9.17) is 14.5 Å². The molecule has 0 fully saturated rings.